The predicted molar refractivity (Wildman–Crippen MR) is 128 cm³/mol. The van der Waals surface area contributed by atoms with Crippen molar-refractivity contribution in [3.8, 4) is 11.5 Å². The van der Waals surface area contributed by atoms with Crippen molar-refractivity contribution < 1.29 is 28.2 Å². The van der Waals surface area contributed by atoms with Crippen LogP contribution < -0.4 is 25.0 Å². The number of para-hydroxylation sites is 1. The third-order valence-electron chi connectivity index (χ3n) is 6.20. The maximum atomic E-state index is 14.3. The third kappa shape index (κ3) is 6.20. The van der Waals surface area contributed by atoms with Crippen LogP contribution in [-0.4, -0.2) is 76.5 Å². The van der Waals surface area contributed by atoms with E-state index >= 15 is 0 Å². The smallest absolute Gasteiger partial charge is 0.309 e. The highest BCUT2D eigenvalue weighted by molar-refractivity contribution is 6.35. The number of fused-ring (bicyclic) bond motifs is 1. The number of nitrogens with zero attached hydrogens (tertiary/aromatic N) is 2. The van der Waals surface area contributed by atoms with Gasteiger partial charge in [-0.15, -0.1) is 0 Å². The molecule has 35 heavy (non-hydrogen) atoms. The molecule has 2 aromatic rings. The second-order valence-electron chi connectivity index (χ2n) is 8.42. The number of anilines is 1. The molecule has 0 aliphatic carbocycles. The van der Waals surface area contributed by atoms with Crippen LogP contribution in [0.25, 0.3) is 0 Å². The molecule has 1 saturated heterocycles. The quantitative estimate of drug-likeness (QED) is 0.412. The van der Waals surface area contributed by atoms with E-state index in [9.17, 15) is 14.0 Å². The minimum atomic E-state index is -0.682. The Labute approximate surface area is 204 Å². The summed E-state index contributed by atoms with van der Waals surface area (Å²) in [4.78, 5) is 28.8. The summed E-state index contributed by atoms with van der Waals surface area (Å²) in [5.41, 5.74) is 1.53. The van der Waals surface area contributed by atoms with Crippen LogP contribution in [0, 0.1) is 5.82 Å². The molecule has 0 bridgehead atoms. The molecule has 0 spiro atoms. The highest BCUT2D eigenvalue weighted by Crippen LogP contribution is 2.36. The van der Waals surface area contributed by atoms with Gasteiger partial charge in [0.1, 0.15) is 5.82 Å². The van der Waals surface area contributed by atoms with Crippen molar-refractivity contribution in [2.24, 2.45) is 0 Å². The van der Waals surface area contributed by atoms with Gasteiger partial charge in [0.05, 0.1) is 11.7 Å². The Bertz CT molecular complexity index is 1030. The van der Waals surface area contributed by atoms with Crippen LogP contribution in [0.5, 0.6) is 11.5 Å². The monoisotopic (exact) mass is 486 g/mol. The Hall–Kier alpha value is -3.37. The summed E-state index contributed by atoms with van der Waals surface area (Å²) in [7, 11) is 1.58. The standard InChI is InChI=1S/C25H31FN4O5/c1-33-14-4-9-27-24(31)25(32)28-16-21(18-7-8-22-23(15-18)35-17-34-22)30-12-10-29(11-13-30)20-6-3-2-5-19(20)26/h2-3,5-8,15,21H,4,9-14,16-17H2,1H3,(H,27,31)(H,28,32)/t21-/m0/s1. The summed E-state index contributed by atoms with van der Waals surface area (Å²) in [6.07, 6.45) is 0.627. The molecule has 188 valence electrons. The number of nitrogens with one attached hydrogen (secondary N) is 2. The average molecular weight is 487 g/mol. The molecule has 0 unspecified atom stereocenters. The fourth-order valence-corrected chi connectivity index (χ4v) is 4.33. The van der Waals surface area contributed by atoms with Gasteiger partial charge < -0.3 is 29.7 Å². The summed E-state index contributed by atoms with van der Waals surface area (Å²) < 4.78 is 30.2. The van der Waals surface area contributed by atoms with E-state index in [1.165, 1.54) is 6.07 Å². The van der Waals surface area contributed by atoms with E-state index in [0.717, 1.165) is 5.56 Å². The first-order valence-electron chi connectivity index (χ1n) is 11.7. The summed E-state index contributed by atoms with van der Waals surface area (Å²) >= 11 is 0. The zero-order valence-corrected chi connectivity index (χ0v) is 19.8. The Morgan fingerprint density at radius 2 is 1.77 bits per heavy atom. The Morgan fingerprint density at radius 3 is 2.54 bits per heavy atom. The van der Waals surface area contributed by atoms with E-state index in [1.54, 1.807) is 19.2 Å². The van der Waals surface area contributed by atoms with Crippen LogP contribution in [-0.2, 0) is 14.3 Å². The first-order chi connectivity index (χ1) is 17.1. The van der Waals surface area contributed by atoms with Gasteiger partial charge in [0.2, 0.25) is 6.79 Å². The van der Waals surface area contributed by atoms with Crippen molar-refractivity contribution in [3.63, 3.8) is 0 Å². The highest BCUT2D eigenvalue weighted by atomic mass is 19.1. The van der Waals surface area contributed by atoms with Crippen LogP contribution in [0.15, 0.2) is 42.5 Å². The number of hydrogen-bond donors (Lipinski definition) is 2. The number of ether oxygens (including phenoxy) is 3. The first-order valence-corrected chi connectivity index (χ1v) is 11.7. The first kappa shape index (κ1) is 24.7. The SMILES string of the molecule is COCCCNC(=O)C(=O)NC[C@@H](c1ccc2c(c1)OCO2)N1CCN(c2ccccc2F)CC1. The van der Waals surface area contributed by atoms with E-state index in [1.807, 2.05) is 29.2 Å². The maximum absolute atomic E-state index is 14.3. The van der Waals surface area contributed by atoms with Crippen LogP contribution >= 0.6 is 0 Å². The molecule has 2 heterocycles. The lowest BCUT2D eigenvalue weighted by Gasteiger charge is -2.40. The molecule has 1 fully saturated rings. The number of carbonyl (C=O) groups is 2. The predicted octanol–water partition coefficient (Wildman–Crippen LogP) is 1.69. The van der Waals surface area contributed by atoms with Gasteiger partial charge in [-0.1, -0.05) is 18.2 Å². The number of rotatable bonds is 9. The lowest BCUT2D eigenvalue weighted by Crippen LogP contribution is -2.51. The lowest BCUT2D eigenvalue weighted by atomic mass is 10.0. The molecule has 2 aliphatic heterocycles. The molecule has 2 aliphatic rings. The van der Waals surface area contributed by atoms with Gasteiger partial charge in [0, 0.05) is 53.0 Å². The van der Waals surface area contributed by atoms with Crippen LogP contribution in [0.1, 0.15) is 18.0 Å². The fourth-order valence-electron chi connectivity index (χ4n) is 4.33. The second kappa shape index (κ2) is 11.9. The molecule has 2 aromatic carbocycles. The van der Waals surface area contributed by atoms with E-state index < -0.39 is 11.8 Å². The van der Waals surface area contributed by atoms with Crippen molar-refractivity contribution >= 4 is 17.5 Å². The number of carbonyl (C=O) groups excluding carboxylic acids is 2. The molecule has 2 amide bonds. The summed E-state index contributed by atoms with van der Waals surface area (Å²) in [6.45, 7) is 3.87. The molecule has 0 radical (unpaired) electrons. The van der Waals surface area contributed by atoms with E-state index in [4.69, 9.17) is 14.2 Å². The Kier molecular flexibility index (Phi) is 8.38. The van der Waals surface area contributed by atoms with Crippen molar-refractivity contribution in [2.45, 2.75) is 12.5 Å². The zero-order valence-electron chi connectivity index (χ0n) is 19.8. The van der Waals surface area contributed by atoms with Gasteiger partial charge >= 0.3 is 11.8 Å². The van der Waals surface area contributed by atoms with Crippen LogP contribution in [0.4, 0.5) is 10.1 Å². The molecule has 4 rings (SSSR count). The van der Waals surface area contributed by atoms with Crippen LogP contribution in [0.3, 0.4) is 0 Å². The van der Waals surface area contributed by atoms with E-state index in [-0.39, 0.29) is 25.2 Å². The van der Waals surface area contributed by atoms with Gasteiger partial charge in [-0.2, -0.15) is 0 Å². The van der Waals surface area contributed by atoms with Crippen LogP contribution in [0.2, 0.25) is 0 Å². The van der Waals surface area contributed by atoms with Gasteiger partial charge in [-0.05, 0) is 36.2 Å². The normalized spacial score (nSPS) is 16.1. The van der Waals surface area contributed by atoms with E-state index in [2.05, 4.69) is 15.5 Å². The molecule has 10 heteroatoms. The van der Waals surface area contributed by atoms with Gasteiger partial charge in [-0.25, -0.2) is 4.39 Å². The van der Waals surface area contributed by atoms with Crippen molar-refractivity contribution in [3.05, 3.63) is 53.8 Å². The Balaban J connectivity index is 1.42. The summed E-state index contributed by atoms with van der Waals surface area (Å²) in [5, 5.41) is 5.37. The highest BCUT2D eigenvalue weighted by Gasteiger charge is 2.28. The fraction of sp³-hybridized carbons (Fsp3) is 0.440. The maximum Gasteiger partial charge on any atom is 0.309 e. The number of halogens is 1. The minimum Gasteiger partial charge on any atom is -0.454 e. The van der Waals surface area contributed by atoms with Gasteiger partial charge in [0.15, 0.2) is 11.5 Å². The largest absolute Gasteiger partial charge is 0.454 e. The van der Waals surface area contributed by atoms with Crippen molar-refractivity contribution in [2.75, 3.05) is 64.7 Å². The third-order valence-corrected chi connectivity index (χ3v) is 6.20. The molecule has 9 nitrogen and oxygen atoms in total. The lowest BCUT2D eigenvalue weighted by molar-refractivity contribution is -0.139. The molecule has 0 aromatic heterocycles. The molecule has 2 N–H and O–H groups in total. The minimum absolute atomic E-state index is 0.171. The second-order valence-corrected chi connectivity index (χ2v) is 8.42. The number of piperazine rings is 1. The van der Waals surface area contributed by atoms with Crippen molar-refractivity contribution in [1.82, 2.24) is 15.5 Å². The Morgan fingerprint density at radius 1 is 1.03 bits per heavy atom. The number of amides is 2. The number of methoxy groups -OCH3 is 1. The van der Waals surface area contributed by atoms with E-state index in [0.29, 0.717) is 62.9 Å². The molecule has 1 atom stereocenters. The number of benzene rings is 2. The molecular weight excluding hydrogens is 455 g/mol. The summed E-state index contributed by atoms with van der Waals surface area (Å²) in [6, 6.07) is 12.3. The topological polar surface area (TPSA) is 92.4 Å². The molecule has 0 saturated carbocycles. The van der Waals surface area contributed by atoms with Crippen molar-refractivity contribution in [1.29, 1.82) is 0 Å². The zero-order chi connectivity index (χ0) is 24.6. The average Bonchev–Trinajstić information content (AvgIpc) is 3.35. The van der Waals surface area contributed by atoms with Gasteiger partial charge in [0.25, 0.3) is 0 Å². The molecular formula is C25H31FN4O5. The van der Waals surface area contributed by atoms with Gasteiger partial charge in [-0.3, -0.25) is 14.5 Å². The number of hydrogen-bond acceptors (Lipinski definition) is 7. The summed E-state index contributed by atoms with van der Waals surface area (Å²) in [5.74, 6) is -0.263.